The maximum Gasteiger partial charge on any atom is 0.344 e. The van der Waals surface area contributed by atoms with Gasteiger partial charge in [0.05, 0.1) is 7.11 Å². The molecule has 33 heavy (non-hydrogen) atoms. The van der Waals surface area contributed by atoms with Crippen molar-refractivity contribution < 1.29 is 32.9 Å². The Hall–Kier alpha value is -3.72. The Morgan fingerprint density at radius 2 is 1.79 bits per heavy atom. The highest BCUT2D eigenvalue weighted by Crippen LogP contribution is 2.34. The van der Waals surface area contributed by atoms with Gasteiger partial charge in [-0.3, -0.25) is 0 Å². The maximum absolute atomic E-state index is 14.4. The molecule has 3 N–H and O–H groups in total. The molecule has 0 saturated carbocycles. The molecule has 3 rings (SSSR count). The third-order valence-corrected chi connectivity index (χ3v) is 4.77. The van der Waals surface area contributed by atoms with E-state index in [1.54, 1.807) is 19.1 Å². The van der Waals surface area contributed by atoms with Gasteiger partial charge in [-0.15, -0.1) is 0 Å². The Kier molecular flexibility index (Phi) is 7.78. The molecular formula is C24H24F2N2O5. The first-order valence-corrected chi connectivity index (χ1v) is 10.3. The van der Waals surface area contributed by atoms with Gasteiger partial charge in [-0.25, -0.2) is 13.6 Å². The summed E-state index contributed by atoms with van der Waals surface area (Å²) in [5.41, 5.74) is 8.19. The number of aromatic nitrogens is 1. The number of hydrogen-bond donors (Lipinski definition) is 2. The number of methoxy groups -OCH3 is 1. The van der Waals surface area contributed by atoms with E-state index >= 15 is 0 Å². The van der Waals surface area contributed by atoms with Crippen LogP contribution in [-0.4, -0.2) is 29.3 Å². The zero-order chi connectivity index (χ0) is 24.0. The Labute approximate surface area is 189 Å². The van der Waals surface area contributed by atoms with Gasteiger partial charge in [0.15, 0.2) is 17.7 Å². The van der Waals surface area contributed by atoms with Crippen LogP contribution in [0.2, 0.25) is 0 Å². The van der Waals surface area contributed by atoms with E-state index < -0.39 is 35.5 Å². The van der Waals surface area contributed by atoms with Gasteiger partial charge in [0, 0.05) is 18.7 Å². The number of carboxylic acid groups (broad SMARTS) is 1. The number of nitrogens with two attached hydrogens (primary N) is 1. The summed E-state index contributed by atoms with van der Waals surface area (Å²) in [6.45, 7) is 2.12. The first-order valence-electron chi connectivity index (χ1n) is 10.3. The molecule has 174 valence electrons. The molecule has 0 spiro atoms. The van der Waals surface area contributed by atoms with Crippen molar-refractivity contribution in [1.82, 2.24) is 4.98 Å². The largest absolute Gasteiger partial charge is 0.497 e. The second kappa shape index (κ2) is 10.7. The standard InChI is InChI=1S/C24H24F2N2O5/c1-3-5-21(24(29)30)33-23-20(26)12-19(25)22(28-23)32-18-10-16(9-17(11-18)31-2)15-7-4-6-14(8-15)13-27/h4,6-12,21H,3,5,13,27H2,1-2H3,(H,29,30)/t21-/m1/s1. The highest BCUT2D eigenvalue weighted by Gasteiger charge is 2.23. The van der Waals surface area contributed by atoms with Crippen LogP contribution < -0.4 is 19.9 Å². The van der Waals surface area contributed by atoms with Crippen molar-refractivity contribution in [2.75, 3.05) is 7.11 Å². The van der Waals surface area contributed by atoms with Gasteiger partial charge in [-0.05, 0) is 41.3 Å². The zero-order valence-electron chi connectivity index (χ0n) is 18.2. The first kappa shape index (κ1) is 23.9. The second-order valence-electron chi connectivity index (χ2n) is 7.20. The van der Waals surface area contributed by atoms with Crippen LogP contribution in [0.4, 0.5) is 8.78 Å². The molecule has 1 heterocycles. The fourth-order valence-corrected chi connectivity index (χ4v) is 3.12. The molecule has 0 amide bonds. The minimum atomic E-state index is -1.33. The number of ether oxygens (including phenoxy) is 3. The van der Waals surface area contributed by atoms with Crippen LogP contribution in [0.3, 0.4) is 0 Å². The van der Waals surface area contributed by atoms with E-state index in [1.165, 1.54) is 13.2 Å². The van der Waals surface area contributed by atoms with Crippen molar-refractivity contribution in [3.05, 3.63) is 65.7 Å². The van der Waals surface area contributed by atoms with Crippen LogP contribution in [0.5, 0.6) is 23.3 Å². The summed E-state index contributed by atoms with van der Waals surface area (Å²) in [6, 6.07) is 13.0. The normalized spacial score (nSPS) is 11.7. The molecule has 0 bridgehead atoms. The summed E-state index contributed by atoms with van der Waals surface area (Å²) < 4.78 is 44.7. The quantitative estimate of drug-likeness (QED) is 0.444. The smallest absolute Gasteiger partial charge is 0.344 e. The summed E-state index contributed by atoms with van der Waals surface area (Å²) in [5, 5.41) is 9.25. The molecule has 0 aliphatic rings. The van der Waals surface area contributed by atoms with Gasteiger partial charge in [0.1, 0.15) is 11.5 Å². The Balaban J connectivity index is 1.96. The van der Waals surface area contributed by atoms with E-state index in [-0.39, 0.29) is 12.2 Å². The third kappa shape index (κ3) is 5.95. The molecule has 0 unspecified atom stereocenters. The highest BCUT2D eigenvalue weighted by atomic mass is 19.1. The fraction of sp³-hybridized carbons (Fsp3) is 0.250. The molecule has 0 fully saturated rings. The van der Waals surface area contributed by atoms with Gasteiger partial charge >= 0.3 is 5.97 Å². The molecule has 2 aromatic carbocycles. The number of halogens is 2. The summed E-state index contributed by atoms with van der Waals surface area (Å²) >= 11 is 0. The topological polar surface area (TPSA) is 104 Å². The predicted molar refractivity (Wildman–Crippen MR) is 118 cm³/mol. The van der Waals surface area contributed by atoms with Crippen LogP contribution in [-0.2, 0) is 11.3 Å². The van der Waals surface area contributed by atoms with Crippen LogP contribution >= 0.6 is 0 Å². The van der Waals surface area contributed by atoms with Crippen LogP contribution in [0.1, 0.15) is 25.3 Å². The van der Waals surface area contributed by atoms with Crippen molar-refractivity contribution in [2.24, 2.45) is 5.73 Å². The van der Waals surface area contributed by atoms with Gasteiger partial charge < -0.3 is 25.1 Å². The predicted octanol–water partition coefficient (Wildman–Crippen LogP) is 4.92. The number of pyridine rings is 1. The van der Waals surface area contributed by atoms with Gasteiger partial charge in [0.25, 0.3) is 11.8 Å². The summed E-state index contributed by atoms with van der Waals surface area (Å²) in [6.07, 6.45) is -0.708. The average molecular weight is 458 g/mol. The number of rotatable bonds is 10. The minimum Gasteiger partial charge on any atom is -0.497 e. The molecular weight excluding hydrogens is 434 g/mol. The first-order chi connectivity index (χ1) is 15.8. The molecule has 3 aromatic rings. The molecule has 9 heteroatoms. The van der Waals surface area contributed by atoms with E-state index in [0.717, 1.165) is 11.1 Å². The Morgan fingerprint density at radius 3 is 2.45 bits per heavy atom. The lowest BCUT2D eigenvalue weighted by Crippen LogP contribution is -2.27. The molecule has 0 radical (unpaired) electrons. The number of nitrogens with zero attached hydrogens (tertiary/aromatic N) is 1. The monoisotopic (exact) mass is 458 g/mol. The van der Waals surface area contributed by atoms with Gasteiger partial charge in [0.2, 0.25) is 0 Å². The van der Waals surface area contributed by atoms with Crippen molar-refractivity contribution in [1.29, 1.82) is 0 Å². The maximum atomic E-state index is 14.4. The third-order valence-electron chi connectivity index (χ3n) is 4.77. The molecule has 7 nitrogen and oxygen atoms in total. The molecule has 0 saturated heterocycles. The Bertz CT molecular complexity index is 1140. The van der Waals surface area contributed by atoms with Crippen molar-refractivity contribution in [3.8, 4) is 34.4 Å². The lowest BCUT2D eigenvalue weighted by Gasteiger charge is -2.15. The summed E-state index contributed by atoms with van der Waals surface area (Å²) in [7, 11) is 1.47. The number of benzene rings is 2. The SMILES string of the molecule is CCC[C@@H](Oc1nc(Oc2cc(OC)cc(-c3cccc(CN)c3)c2)c(F)cc1F)C(=O)O. The summed E-state index contributed by atoms with van der Waals surface area (Å²) in [5.74, 6) is -4.10. The van der Waals surface area contributed by atoms with E-state index in [9.17, 15) is 18.7 Å². The van der Waals surface area contributed by atoms with Gasteiger partial charge in [-0.1, -0.05) is 31.5 Å². The van der Waals surface area contributed by atoms with E-state index in [1.807, 2.05) is 24.3 Å². The Morgan fingerprint density at radius 1 is 1.06 bits per heavy atom. The lowest BCUT2D eigenvalue weighted by molar-refractivity contribution is -0.145. The highest BCUT2D eigenvalue weighted by molar-refractivity contribution is 5.72. The van der Waals surface area contributed by atoms with Crippen LogP contribution in [0.25, 0.3) is 11.1 Å². The van der Waals surface area contributed by atoms with E-state index in [4.69, 9.17) is 19.9 Å². The van der Waals surface area contributed by atoms with Crippen LogP contribution in [0.15, 0.2) is 48.5 Å². The van der Waals surface area contributed by atoms with E-state index in [0.29, 0.717) is 30.3 Å². The number of aliphatic carboxylic acids is 1. The molecule has 0 aliphatic heterocycles. The van der Waals surface area contributed by atoms with Crippen molar-refractivity contribution >= 4 is 5.97 Å². The molecule has 1 aromatic heterocycles. The second-order valence-corrected chi connectivity index (χ2v) is 7.20. The zero-order valence-corrected chi connectivity index (χ0v) is 18.2. The van der Waals surface area contributed by atoms with Gasteiger partial charge in [-0.2, -0.15) is 4.98 Å². The van der Waals surface area contributed by atoms with Crippen LogP contribution in [0, 0.1) is 11.6 Å². The molecule has 1 atom stereocenters. The van der Waals surface area contributed by atoms with Crippen molar-refractivity contribution in [2.45, 2.75) is 32.4 Å². The fourth-order valence-electron chi connectivity index (χ4n) is 3.12. The van der Waals surface area contributed by atoms with E-state index in [2.05, 4.69) is 4.98 Å². The number of hydrogen-bond acceptors (Lipinski definition) is 6. The average Bonchev–Trinajstić information content (AvgIpc) is 2.81. The lowest BCUT2D eigenvalue weighted by atomic mass is 10.0. The van der Waals surface area contributed by atoms with Crippen molar-refractivity contribution in [3.63, 3.8) is 0 Å². The summed E-state index contributed by atoms with van der Waals surface area (Å²) in [4.78, 5) is 15.1. The number of carbonyl (C=O) groups is 1. The molecule has 0 aliphatic carbocycles. The number of carboxylic acids is 1. The minimum absolute atomic E-state index is 0.130.